The van der Waals surface area contributed by atoms with Crippen molar-refractivity contribution in [2.75, 3.05) is 26.4 Å². The Morgan fingerprint density at radius 2 is 1.86 bits per heavy atom. The summed E-state index contributed by atoms with van der Waals surface area (Å²) in [7, 11) is 0. The molecule has 0 radical (unpaired) electrons. The normalized spacial score (nSPS) is 18.4. The molecule has 0 saturated carbocycles. The summed E-state index contributed by atoms with van der Waals surface area (Å²) in [6.07, 6.45) is 2.93. The third kappa shape index (κ3) is 2.02. The van der Waals surface area contributed by atoms with Gasteiger partial charge in [0.25, 0.3) is 0 Å². The van der Waals surface area contributed by atoms with Gasteiger partial charge >= 0.3 is 11.8 Å². The van der Waals surface area contributed by atoms with Crippen LogP contribution in [0, 0.1) is 0 Å². The largest absolute Gasteiger partial charge is 0.405 e. The Kier molecular flexibility index (Phi) is 3.47. The minimum absolute atomic E-state index is 0.334. The molecule has 1 rings (SSSR count). The Balaban J connectivity index is 2.60. The van der Waals surface area contributed by atoms with Gasteiger partial charge in [0.2, 0.25) is 0 Å². The Morgan fingerprint density at radius 3 is 2.43 bits per heavy atom. The maximum absolute atomic E-state index is 11.3. The second kappa shape index (κ2) is 4.61. The Labute approximate surface area is 81.6 Å². The van der Waals surface area contributed by atoms with Crippen LogP contribution in [-0.4, -0.2) is 53.1 Å². The molecule has 1 fully saturated rings. The van der Waals surface area contributed by atoms with Gasteiger partial charge in [0.15, 0.2) is 0 Å². The van der Waals surface area contributed by atoms with Crippen molar-refractivity contribution in [3.8, 4) is 0 Å². The lowest BCUT2D eigenvalue weighted by atomic mass is 10.3. The molecule has 3 N–H and O–H groups in total. The summed E-state index contributed by atoms with van der Waals surface area (Å²) < 4.78 is 0. The lowest BCUT2D eigenvalue weighted by Gasteiger charge is -2.31. The van der Waals surface area contributed by atoms with Crippen LogP contribution in [0.3, 0.4) is 0 Å². The number of rotatable bonds is 3. The SMILES string of the molecule is NC=CCN1CCN(CO)C(=O)C1=O. The number of nitrogens with zero attached hydrogens (tertiary/aromatic N) is 2. The first-order chi connectivity index (χ1) is 6.70. The molecule has 0 bridgehead atoms. The average molecular weight is 199 g/mol. The zero-order chi connectivity index (χ0) is 10.6. The summed E-state index contributed by atoms with van der Waals surface area (Å²) >= 11 is 0. The number of aliphatic hydroxyl groups excluding tert-OH is 1. The van der Waals surface area contributed by atoms with E-state index in [0.29, 0.717) is 19.6 Å². The third-order valence-electron chi connectivity index (χ3n) is 2.03. The number of piperazine rings is 1. The van der Waals surface area contributed by atoms with Crippen molar-refractivity contribution in [1.82, 2.24) is 9.80 Å². The molecule has 0 aromatic carbocycles. The van der Waals surface area contributed by atoms with Crippen molar-refractivity contribution in [1.29, 1.82) is 0 Å². The highest BCUT2D eigenvalue weighted by Gasteiger charge is 2.30. The standard InChI is InChI=1S/C8H13N3O3/c9-2-1-3-10-4-5-11(6-12)8(14)7(10)13/h1-2,12H,3-6,9H2. The molecule has 2 amide bonds. The summed E-state index contributed by atoms with van der Waals surface area (Å²) in [5.74, 6) is -1.26. The number of hydrogen-bond acceptors (Lipinski definition) is 4. The second-order valence-electron chi connectivity index (χ2n) is 2.89. The smallest absolute Gasteiger partial charge is 0.313 e. The quantitative estimate of drug-likeness (QED) is 0.519. The van der Waals surface area contributed by atoms with Crippen LogP contribution >= 0.6 is 0 Å². The summed E-state index contributed by atoms with van der Waals surface area (Å²) in [6, 6.07) is 0. The summed E-state index contributed by atoms with van der Waals surface area (Å²) in [5, 5.41) is 8.74. The van der Waals surface area contributed by atoms with E-state index >= 15 is 0 Å². The molecule has 1 aliphatic rings. The molecule has 6 nitrogen and oxygen atoms in total. The van der Waals surface area contributed by atoms with Gasteiger partial charge in [-0.3, -0.25) is 9.59 Å². The molecule has 1 aliphatic heterocycles. The van der Waals surface area contributed by atoms with E-state index in [4.69, 9.17) is 10.8 Å². The predicted molar refractivity (Wildman–Crippen MR) is 48.7 cm³/mol. The Hall–Kier alpha value is -1.56. The summed E-state index contributed by atoms with van der Waals surface area (Å²) in [5.41, 5.74) is 5.13. The van der Waals surface area contributed by atoms with E-state index in [0.717, 1.165) is 4.90 Å². The van der Waals surface area contributed by atoms with Crippen molar-refractivity contribution in [2.45, 2.75) is 0 Å². The lowest BCUT2D eigenvalue weighted by molar-refractivity contribution is -0.158. The van der Waals surface area contributed by atoms with Crippen molar-refractivity contribution < 1.29 is 14.7 Å². The van der Waals surface area contributed by atoms with Crippen LogP contribution in [0.1, 0.15) is 0 Å². The lowest BCUT2D eigenvalue weighted by Crippen LogP contribution is -2.54. The molecule has 0 atom stereocenters. The zero-order valence-electron chi connectivity index (χ0n) is 7.72. The van der Waals surface area contributed by atoms with E-state index < -0.39 is 18.5 Å². The maximum atomic E-state index is 11.3. The average Bonchev–Trinajstić information content (AvgIpc) is 2.20. The second-order valence-corrected chi connectivity index (χ2v) is 2.89. The number of hydrogen-bond donors (Lipinski definition) is 2. The number of amides is 2. The highest BCUT2D eigenvalue weighted by molar-refractivity contribution is 6.35. The van der Waals surface area contributed by atoms with Crippen molar-refractivity contribution in [2.24, 2.45) is 5.73 Å². The van der Waals surface area contributed by atoms with Crippen molar-refractivity contribution in [3.05, 3.63) is 12.3 Å². The van der Waals surface area contributed by atoms with E-state index in [9.17, 15) is 9.59 Å². The summed E-state index contributed by atoms with van der Waals surface area (Å²) in [4.78, 5) is 25.1. The third-order valence-corrected chi connectivity index (χ3v) is 2.03. The van der Waals surface area contributed by atoms with Crippen molar-refractivity contribution in [3.63, 3.8) is 0 Å². The molecule has 0 aliphatic carbocycles. The van der Waals surface area contributed by atoms with E-state index in [1.165, 1.54) is 11.1 Å². The predicted octanol–water partition coefficient (Wildman–Crippen LogP) is -1.92. The maximum Gasteiger partial charge on any atom is 0.313 e. The monoisotopic (exact) mass is 199 g/mol. The van der Waals surface area contributed by atoms with Crippen LogP contribution in [0.15, 0.2) is 12.3 Å². The molecule has 1 saturated heterocycles. The minimum Gasteiger partial charge on any atom is -0.405 e. The number of aliphatic hydroxyl groups is 1. The van der Waals surface area contributed by atoms with Gasteiger partial charge in [0.05, 0.1) is 0 Å². The van der Waals surface area contributed by atoms with Gasteiger partial charge < -0.3 is 20.6 Å². The van der Waals surface area contributed by atoms with E-state index in [1.54, 1.807) is 6.08 Å². The molecule has 6 heteroatoms. The molecule has 0 aromatic rings. The Morgan fingerprint density at radius 1 is 1.29 bits per heavy atom. The van der Waals surface area contributed by atoms with Gasteiger partial charge in [0.1, 0.15) is 6.73 Å². The number of nitrogens with two attached hydrogens (primary N) is 1. The molecular weight excluding hydrogens is 186 g/mol. The minimum atomic E-state index is -0.663. The highest BCUT2D eigenvalue weighted by atomic mass is 16.3. The van der Waals surface area contributed by atoms with E-state index in [2.05, 4.69) is 0 Å². The van der Waals surface area contributed by atoms with E-state index in [-0.39, 0.29) is 0 Å². The van der Waals surface area contributed by atoms with Crippen LogP contribution in [0.2, 0.25) is 0 Å². The zero-order valence-corrected chi connectivity index (χ0v) is 7.72. The topological polar surface area (TPSA) is 86.9 Å². The van der Waals surface area contributed by atoms with Crippen LogP contribution in [-0.2, 0) is 9.59 Å². The first-order valence-corrected chi connectivity index (χ1v) is 4.26. The van der Waals surface area contributed by atoms with Gasteiger partial charge in [-0.2, -0.15) is 0 Å². The van der Waals surface area contributed by atoms with Crippen LogP contribution < -0.4 is 5.73 Å². The van der Waals surface area contributed by atoms with E-state index in [1.807, 2.05) is 0 Å². The van der Waals surface area contributed by atoms with Gasteiger partial charge in [-0.15, -0.1) is 0 Å². The highest BCUT2D eigenvalue weighted by Crippen LogP contribution is 2.03. The fraction of sp³-hybridized carbons (Fsp3) is 0.500. The van der Waals surface area contributed by atoms with Gasteiger partial charge in [-0.1, -0.05) is 0 Å². The number of carbonyl (C=O) groups excluding carboxylic acids is 2. The molecule has 0 spiro atoms. The van der Waals surface area contributed by atoms with Gasteiger partial charge in [-0.25, -0.2) is 0 Å². The Bertz CT molecular complexity index is 265. The summed E-state index contributed by atoms with van der Waals surface area (Å²) in [6.45, 7) is 0.709. The van der Waals surface area contributed by atoms with Crippen LogP contribution in [0.4, 0.5) is 0 Å². The van der Waals surface area contributed by atoms with Crippen LogP contribution in [0.25, 0.3) is 0 Å². The first kappa shape index (κ1) is 10.5. The molecule has 78 valence electrons. The van der Waals surface area contributed by atoms with Gasteiger partial charge in [0, 0.05) is 19.6 Å². The molecule has 14 heavy (non-hydrogen) atoms. The molecular formula is C8H13N3O3. The molecule has 0 unspecified atom stereocenters. The van der Waals surface area contributed by atoms with Crippen LogP contribution in [0.5, 0.6) is 0 Å². The fourth-order valence-electron chi connectivity index (χ4n) is 1.21. The van der Waals surface area contributed by atoms with Crippen molar-refractivity contribution >= 4 is 11.8 Å². The molecule has 0 aromatic heterocycles. The first-order valence-electron chi connectivity index (χ1n) is 4.26. The number of carbonyl (C=O) groups is 2. The molecule has 1 heterocycles. The fourth-order valence-corrected chi connectivity index (χ4v) is 1.21. The van der Waals surface area contributed by atoms with Gasteiger partial charge in [-0.05, 0) is 12.3 Å².